The fourth-order valence-corrected chi connectivity index (χ4v) is 2.90. The van der Waals surface area contributed by atoms with Crippen LogP contribution in [0.3, 0.4) is 0 Å². The molecule has 8 heteroatoms. The number of nitrogens with one attached hydrogen (secondary N) is 2. The van der Waals surface area contributed by atoms with Crippen LogP contribution in [-0.2, 0) is 14.3 Å². The van der Waals surface area contributed by atoms with Gasteiger partial charge in [-0.15, -0.1) is 0 Å². The van der Waals surface area contributed by atoms with E-state index in [1.165, 1.54) is 19.2 Å². The Balaban J connectivity index is 2.24. The summed E-state index contributed by atoms with van der Waals surface area (Å²) >= 11 is 0. The summed E-state index contributed by atoms with van der Waals surface area (Å²) in [7, 11) is 1.28. The number of methoxy groups -OCH3 is 1. The van der Waals surface area contributed by atoms with E-state index in [0.29, 0.717) is 17.9 Å². The van der Waals surface area contributed by atoms with Gasteiger partial charge in [0.25, 0.3) is 0 Å². The maximum atomic E-state index is 12.9. The molecule has 0 radical (unpaired) electrons. The molecule has 0 fully saturated rings. The summed E-state index contributed by atoms with van der Waals surface area (Å²) in [4.78, 5) is 37.1. The summed E-state index contributed by atoms with van der Waals surface area (Å²) in [6, 6.07) is 12.8. The molecule has 1 atom stereocenters. The maximum absolute atomic E-state index is 12.9. The van der Waals surface area contributed by atoms with Gasteiger partial charge in [0.15, 0.2) is 0 Å². The third-order valence-corrected chi connectivity index (χ3v) is 4.28. The Labute approximate surface area is 188 Å². The van der Waals surface area contributed by atoms with Crippen molar-refractivity contribution in [2.24, 2.45) is 5.92 Å². The highest BCUT2D eigenvalue weighted by molar-refractivity contribution is 5.98. The van der Waals surface area contributed by atoms with Crippen LogP contribution in [0.1, 0.15) is 44.5 Å². The maximum Gasteiger partial charge on any atom is 0.408 e. The van der Waals surface area contributed by atoms with E-state index in [-0.39, 0.29) is 23.3 Å². The first-order valence-corrected chi connectivity index (χ1v) is 10.4. The second kappa shape index (κ2) is 11.7. The van der Waals surface area contributed by atoms with Crippen molar-refractivity contribution in [3.05, 3.63) is 54.1 Å². The van der Waals surface area contributed by atoms with Gasteiger partial charge in [0, 0.05) is 11.8 Å². The van der Waals surface area contributed by atoms with E-state index >= 15 is 0 Å². The van der Waals surface area contributed by atoms with Crippen molar-refractivity contribution < 1.29 is 28.6 Å². The predicted octanol–water partition coefficient (Wildman–Crippen LogP) is 4.75. The van der Waals surface area contributed by atoms with Gasteiger partial charge in [-0.2, -0.15) is 0 Å². The molecule has 172 valence electrons. The number of anilines is 1. The molecule has 2 rings (SSSR count). The number of alkyl carbamates (subject to hydrolysis) is 1. The number of hydrogen-bond donors (Lipinski definition) is 2. The molecule has 0 aromatic heterocycles. The zero-order chi connectivity index (χ0) is 23.7. The third kappa shape index (κ3) is 7.61. The minimum atomic E-state index is -0.792. The normalized spacial score (nSPS) is 11.6. The highest BCUT2D eigenvalue weighted by Crippen LogP contribution is 2.29. The van der Waals surface area contributed by atoms with E-state index in [2.05, 4.69) is 10.6 Å². The molecule has 0 heterocycles. The number of amides is 2. The first kappa shape index (κ1) is 24.7. The van der Waals surface area contributed by atoms with E-state index < -0.39 is 24.0 Å². The first-order valence-electron chi connectivity index (χ1n) is 10.4. The van der Waals surface area contributed by atoms with E-state index in [4.69, 9.17) is 14.2 Å². The van der Waals surface area contributed by atoms with Crippen molar-refractivity contribution in [2.75, 3.05) is 12.4 Å². The molecule has 0 saturated heterocycles. The molecule has 0 bridgehead atoms. The molecule has 2 amide bonds. The molecule has 0 saturated carbocycles. The molecular weight excluding hydrogens is 412 g/mol. The van der Waals surface area contributed by atoms with Gasteiger partial charge in [0.2, 0.25) is 5.91 Å². The third-order valence-electron chi connectivity index (χ3n) is 4.28. The molecule has 2 aromatic rings. The Kier molecular flexibility index (Phi) is 9.07. The largest absolute Gasteiger partial charge is 0.465 e. The fraction of sp³-hybridized carbons (Fsp3) is 0.375. The quantitative estimate of drug-likeness (QED) is 0.543. The molecule has 2 N–H and O–H groups in total. The highest BCUT2D eigenvalue weighted by atomic mass is 16.6. The highest BCUT2D eigenvalue weighted by Gasteiger charge is 2.24. The number of ether oxygens (including phenoxy) is 3. The molecule has 0 unspecified atom stereocenters. The molecule has 0 aliphatic rings. The van der Waals surface area contributed by atoms with Gasteiger partial charge < -0.3 is 24.8 Å². The smallest absolute Gasteiger partial charge is 0.408 e. The SMILES string of the molecule is COC(=O)c1ccc(NC(=O)[C@H](CC(C)C)NC(=O)OC(C)C)cc1Oc1ccccc1. The molecule has 8 nitrogen and oxygen atoms in total. The van der Waals surface area contributed by atoms with Crippen molar-refractivity contribution in [1.82, 2.24) is 5.32 Å². The van der Waals surface area contributed by atoms with E-state index in [0.717, 1.165) is 0 Å². The standard InChI is InChI=1S/C24H30N2O6/c1-15(2)13-20(26-24(29)31-16(3)4)22(27)25-17-11-12-19(23(28)30-5)21(14-17)32-18-9-7-6-8-10-18/h6-12,14-16,20H,13H2,1-5H3,(H,25,27)(H,26,29)/t20-/m0/s1. The van der Waals surface area contributed by atoms with Gasteiger partial charge in [0.05, 0.1) is 13.2 Å². The summed E-state index contributed by atoms with van der Waals surface area (Å²) < 4.78 is 15.8. The number of hydrogen-bond acceptors (Lipinski definition) is 6. The number of rotatable bonds is 9. The number of para-hydroxylation sites is 1. The van der Waals surface area contributed by atoms with Crippen molar-refractivity contribution in [2.45, 2.75) is 46.3 Å². The Hall–Kier alpha value is -3.55. The van der Waals surface area contributed by atoms with Crippen LogP contribution in [0, 0.1) is 5.92 Å². The van der Waals surface area contributed by atoms with Gasteiger partial charge in [-0.1, -0.05) is 32.0 Å². The minimum absolute atomic E-state index is 0.156. The molecule has 2 aromatic carbocycles. The van der Waals surface area contributed by atoms with Crippen LogP contribution < -0.4 is 15.4 Å². The van der Waals surface area contributed by atoms with Crippen LogP contribution in [0.15, 0.2) is 48.5 Å². The van der Waals surface area contributed by atoms with Crippen molar-refractivity contribution in [3.63, 3.8) is 0 Å². The van der Waals surface area contributed by atoms with Crippen LogP contribution in [0.2, 0.25) is 0 Å². The molecule has 0 aliphatic heterocycles. The second-order valence-electron chi connectivity index (χ2n) is 7.89. The van der Waals surface area contributed by atoms with Gasteiger partial charge in [-0.3, -0.25) is 4.79 Å². The Morgan fingerprint density at radius 3 is 2.25 bits per heavy atom. The number of benzene rings is 2. The number of carbonyl (C=O) groups excluding carboxylic acids is 3. The van der Waals surface area contributed by atoms with E-state index in [1.807, 2.05) is 19.9 Å². The molecule has 32 heavy (non-hydrogen) atoms. The van der Waals surface area contributed by atoms with Gasteiger partial charge in [-0.25, -0.2) is 9.59 Å². The summed E-state index contributed by atoms with van der Waals surface area (Å²) in [5.74, 6) is -0.0606. The van der Waals surface area contributed by atoms with Crippen molar-refractivity contribution in [1.29, 1.82) is 0 Å². The molecular formula is C24H30N2O6. The Morgan fingerprint density at radius 1 is 0.969 bits per heavy atom. The molecule has 0 spiro atoms. The number of carbonyl (C=O) groups is 3. The minimum Gasteiger partial charge on any atom is -0.465 e. The van der Waals surface area contributed by atoms with Crippen molar-refractivity contribution >= 4 is 23.7 Å². The lowest BCUT2D eigenvalue weighted by Crippen LogP contribution is -2.45. The van der Waals surface area contributed by atoms with Crippen LogP contribution in [0.5, 0.6) is 11.5 Å². The Bertz CT molecular complexity index is 927. The fourth-order valence-electron chi connectivity index (χ4n) is 2.90. The lowest BCUT2D eigenvalue weighted by Gasteiger charge is -2.21. The predicted molar refractivity (Wildman–Crippen MR) is 121 cm³/mol. The second-order valence-corrected chi connectivity index (χ2v) is 7.89. The lowest BCUT2D eigenvalue weighted by atomic mass is 10.0. The van der Waals surface area contributed by atoms with E-state index in [1.54, 1.807) is 44.2 Å². The van der Waals surface area contributed by atoms with Crippen LogP contribution in [0.25, 0.3) is 0 Å². The first-order chi connectivity index (χ1) is 15.2. The average Bonchev–Trinajstić information content (AvgIpc) is 2.72. The Morgan fingerprint density at radius 2 is 1.66 bits per heavy atom. The van der Waals surface area contributed by atoms with Crippen molar-refractivity contribution in [3.8, 4) is 11.5 Å². The summed E-state index contributed by atoms with van der Waals surface area (Å²) in [5, 5.41) is 5.39. The average molecular weight is 443 g/mol. The van der Waals surface area contributed by atoms with Crippen LogP contribution >= 0.6 is 0 Å². The zero-order valence-electron chi connectivity index (χ0n) is 19.0. The number of esters is 1. The zero-order valence-corrected chi connectivity index (χ0v) is 19.0. The lowest BCUT2D eigenvalue weighted by molar-refractivity contribution is -0.118. The van der Waals surface area contributed by atoms with E-state index in [9.17, 15) is 14.4 Å². The van der Waals surface area contributed by atoms with Crippen LogP contribution in [-0.4, -0.2) is 37.2 Å². The summed E-state index contributed by atoms with van der Waals surface area (Å²) in [5.41, 5.74) is 0.619. The van der Waals surface area contributed by atoms with Gasteiger partial charge >= 0.3 is 12.1 Å². The molecule has 0 aliphatic carbocycles. The summed E-state index contributed by atoms with van der Waals surface area (Å²) in [6.07, 6.45) is -0.539. The van der Waals surface area contributed by atoms with Crippen LogP contribution in [0.4, 0.5) is 10.5 Å². The van der Waals surface area contributed by atoms with Gasteiger partial charge in [0.1, 0.15) is 23.1 Å². The summed E-state index contributed by atoms with van der Waals surface area (Å²) in [6.45, 7) is 7.36. The monoisotopic (exact) mass is 442 g/mol. The topological polar surface area (TPSA) is 103 Å². The van der Waals surface area contributed by atoms with Gasteiger partial charge in [-0.05, 0) is 50.5 Å².